The van der Waals surface area contributed by atoms with Crippen LogP contribution in [0, 0.1) is 0 Å². The van der Waals surface area contributed by atoms with Gasteiger partial charge in [0.25, 0.3) is 0 Å². The Hall–Kier alpha value is -1.39. The summed E-state index contributed by atoms with van der Waals surface area (Å²) in [6, 6.07) is 7.19. The molecule has 17 heavy (non-hydrogen) atoms. The van der Waals surface area contributed by atoms with Crippen molar-refractivity contribution in [3.05, 3.63) is 29.8 Å². The zero-order chi connectivity index (χ0) is 12.7. The fraction of sp³-hybridized carbons (Fsp3) is 0.462. The first kappa shape index (κ1) is 13.7. The molecule has 0 aliphatic heterocycles. The number of rotatable bonds is 7. The quantitative estimate of drug-likeness (QED) is 0.721. The molecule has 1 N–H and O–H groups in total. The fourth-order valence-electron chi connectivity index (χ4n) is 1.48. The Kier molecular flexibility index (Phi) is 5.66. The first-order valence-corrected chi connectivity index (χ1v) is 5.61. The molecule has 0 radical (unpaired) electrons. The van der Waals surface area contributed by atoms with E-state index in [0.29, 0.717) is 13.0 Å². The predicted octanol–water partition coefficient (Wildman–Crippen LogP) is 1.08. The van der Waals surface area contributed by atoms with Gasteiger partial charge in [-0.2, -0.15) is 0 Å². The Labute approximate surface area is 102 Å². The summed E-state index contributed by atoms with van der Waals surface area (Å²) in [5.41, 5.74) is 0.821. The molecule has 0 spiro atoms. The number of carbonyl (C=O) groups is 1. The van der Waals surface area contributed by atoms with E-state index in [9.17, 15) is 4.79 Å². The first-order chi connectivity index (χ1) is 8.17. The van der Waals surface area contributed by atoms with Crippen molar-refractivity contribution < 1.29 is 14.6 Å². The number of carbonyl (C=O) groups excluding carboxylic acids is 1. The van der Waals surface area contributed by atoms with E-state index in [0.717, 1.165) is 17.6 Å². The van der Waals surface area contributed by atoms with Crippen molar-refractivity contribution in [3.63, 3.8) is 0 Å². The third-order valence-electron chi connectivity index (χ3n) is 2.58. The minimum Gasteiger partial charge on any atom is -0.494 e. The number of aliphatic hydroxyl groups is 1. The topological polar surface area (TPSA) is 49.8 Å². The third-order valence-corrected chi connectivity index (χ3v) is 2.58. The molecular weight excluding hydrogens is 218 g/mol. The van der Waals surface area contributed by atoms with E-state index in [2.05, 4.69) is 0 Å². The summed E-state index contributed by atoms with van der Waals surface area (Å²) in [4.78, 5) is 12.6. The van der Waals surface area contributed by atoms with E-state index in [1.54, 1.807) is 6.07 Å². The van der Waals surface area contributed by atoms with Crippen LogP contribution in [0.25, 0.3) is 0 Å². The van der Waals surface area contributed by atoms with E-state index in [4.69, 9.17) is 9.84 Å². The van der Waals surface area contributed by atoms with Gasteiger partial charge in [-0.3, -0.25) is 4.90 Å². The molecule has 0 saturated heterocycles. The third kappa shape index (κ3) is 4.54. The Morgan fingerprint density at radius 3 is 2.82 bits per heavy atom. The lowest BCUT2D eigenvalue weighted by atomic mass is 10.2. The van der Waals surface area contributed by atoms with Crippen molar-refractivity contribution in [2.45, 2.75) is 19.1 Å². The molecule has 94 valence electrons. The monoisotopic (exact) mass is 237 g/mol. The Balaban J connectivity index is 2.42. The average Bonchev–Trinajstić information content (AvgIpc) is 2.34. The lowest BCUT2D eigenvalue weighted by Crippen LogP contribution is -2.30. The lowest BCUT2D eigenvalue weighted by Gasteiger charge is -2.18. The molecule has 0 bridgehead atoms. The molecule has 1 atom stereocenters. The molecule has 0 amide bonds. The highest BCUT2D eigenvalue weighted by Gasteiger charge is 2.09. The van der Waals surface area contributed by atoms with E-state index in [1.165, 1.54) is 0 Å². The summed E-state index contributed by atoms with van der Waals surface area (Å²) in [6.45, 7) is 0.488. The van der Waals surface area contributed by atoms with Crippen LogP contribution in [-0.2, 0) is 11.4 Å². The summed E-state index contributed by atoms with van der Waals surface area (Å²) in [5, 5.41) is 8.98. The van der Waals surface area contributed by atoms with E-state index in [-0.39, 0.29) is 12.6 Å². The molecule has 0 fully saturated rings. The fourth-order valence-corrected chi connectivity index (χ4v) is 1.48. The number of hydrogen-bond acceptors (Lipinski definition) is 4. The molecule has 0 aromatic heterocycles. The molecule has 0 saturated carbocycles. The van der Waals surface area contributed by atoms with Gasteiger partial charge in [0.15, 0.2) is 0 Å². The second kappa shape index (κ2) is 7.04. The maximum absolute atomic E-state index is 10.8. The molecule has 0 aliphatic rings. The van der Waals surface area contributed by atoms with Crippen LogP contribution in [0.4, 0.5) is 0 Å². The maximum Gasteiger partial charge on any atom is 0.137 e. The normalized spacial score (nSPS) is 12.5. The van der Waals surface area contributed by atoms with Gasteiger partial charge < -0.3 is 14.6 Å². The van der Waals surface area contributed by atoms with Gasteiger partial charge in [-0.1, -0.05) is 12.1 Å². The summed E-state index contributed by atoms with van der Waals surface area (Å²) < 4.78 is 5.53. The minimum absolute atomic E-state index is 0.00581. The van der Waals surface area contributed by atoms with Crippen LogP contribution < -0.4 is 4.74 Å². The van der Waals surface area contributed by atoms with Gasteiger partial charge >= 0.3 is 0 Å². The molecule has 1 aromatic carbocycles. The largest absolute Gasteiger partial charge is 0.494 e. The maximum atomic E-state index is 10.8. The van der Waals surface area contributed by atoms with Crippen LogP contribution in [0.2, 0.25) is 0 Å². The number of aldehydes is 1. The Morgan fingerprint density at radius 1 is 1.47 bits per heavy atom. The molecule has 1 unspecified atom stereocenters. The highest BCUT2D eigenvalue weighted by Crippen LogP contribution is 2.13. The number of aliphatic hydroxyl groups excluding tert-OH is 1. The van der Waals surface area contributed by atoms with E-state index < -0.39 is 0 Å². The van der Waals surface area contributed by atoms with E-state index in [1.807, 2.05) is 37.2 Å². The molecule has 0 heterocycles. The molecule has 0 aliphatic carbocycles. The smallest absolute Gasteiger partial charge is 0.137 e. The van der Waals surface area contributed by atoms with Gasteiger partial charge in [0, 0.05) is 6.42 Å². The molecule has 4 nitrogen and oxygen atoms in total. The van der Waals surface area contributed by atoms with Crippen LogP contribution in [0.3, 0.4) is 0 Å². The molecular formula is C13H19NO3. The van der Waals surface area contributed by atoms with Crippen LogP contribution in [0.1, 0.15) is 12.0 Å². The van der Waals surface area contributed by atoms with Gasteiger partial charge in [0.1, 0.15) is 12.0 Å². The zero-order valence-electron chi connectivity index (χ0n) is 10.3. The SMILES string of the molecule is CN(C)C(C=O)CCOc1cccc(CO)c1. The van der Waals surface area contributed by atoms with Gasteiger partial charge in [-0.05, 0) is 31.8 Å². The van der Waals surface area contributed by atoms with Gasteiger partial charge in [-0.15, -0.1) is 0 Å². The Morgan fingerprint density at radius 2 is 2.24 bits per heavy atom. The standard InChI is InChI=1S/C13H19NO3/c1-14(2)12(10-16)6-7-17-13-5-3-4-11(8-13)9-15/h3-5,8,10,12,15H,6-7,9H2,1-2H3. The van der Waals surface area contributed by atoms with Crippen molar-refractivity contribution in [1.29, 1.82) is 0 Å². The van der Waals surface area contributed by atoms with Crippen LogP contribution in [0.15, 0.2) is 24.3 Å². The Bertz CT molecular complexity index is 352. The van der Waals surface area contributed by atoms with Gasteiger partial charge in [0.05, 0.1) is 19.3 Å². The molecule has 1 rings (SSSR count). The van der Waals surface area contributed by atoms with Crippen LogP contribution >= 0.6 is 0 Å². The van der Waals surface area contributed by atoms with Crippen LogP contribution in [0.5, 0.6) is 5.75 Å². The lowest BCUT2D eigenvalue weighted by molar-refractivity contribution is -0.112. The summed E-state index contributed by atoms with van der Waals surface area (Å²) in [5.74, 6) is 0.722. The predicted molar refractivity (Wildman–Crippen MR) is 66.0 cm³/mol. The first-order valence-electron chi connectivity index (χ1n) is 5.61. The number of benzene rings is 1. The van der Waals surface area contributed by atoms with Crippen molar-refractivity contribution in [2.24, 2.45) is 0 Å². The zero-order valence-corrected chi connectivity index (χ0v) is 10.3. The summed E-state index contributed by atoms with van der Waals surface area (Å²) in [6.07, 6.45) is 1.58. The van der Waals surface area contributed by atoms with Crippen molar-refractivity contribution in [2.75, 3.05) is 20.7 Å². The minimum atomic E-state index is -0.115. The summed E-state index contributed by atoms with van der Waals surface area (Å²) in [7, 11) is 3.73. The molecule has 4 heteroatoms. The van der Waals surface area contributed by atoms with Gasteiger partial charge in [-0.25, -0.2) is 0 Å². The number of likely N-dealkylation sites (N-methyl/N-ethyl adjacent to an activating group) is 1. The number of hydrogen-bond donors (Lipinski definition) is 1. The summed E-state index contributed by atoms with van der Waals surface area (Å²) >= 11 is 0. The van der Waals surface area contributed by atoms with E-state index >= 15 is 0 Å². The second-order valence-corrected chi connectivity index (χ2v) is 4.11. The number of nitrogens with zero attached hydrogens (tertiary/aromatic N) is 1. The van der Waals surface area contributed by atoms with Crippen molar-refractivity contribution in [1.82, 2.24) is 4.90 Å². The average molecular weight is 237 g/mol. The van der Waals surface area contributed by atoms with Crippen molar-refractivity contribution in [3.8, 4) is 5.75 Å². The highest BCUT2D eigenvalue weighted by molar-refractivity contribution is 5.57. The van der Waals surface area contributed by atoms with Gasteiger partial charge in [0.2, 0.25) is 0 Å². The highest BCUT2D eigenvalue weighted by atomic mass is 16.5. The number of ether oxygens (including phenoxy) is 1. The second-order valence-electron chi connectivity index (χ2n) is 4.11. The molecule has 1 aromatic rings. The van der Waals surface area contributed by atoms with Crippen molar-refractivity contribution >= 4 is 6.29 Å². The van der Waals surface area contributed by atoms with Crippen LogP contribution in [-0.4, -0.2) is 43.0 Å².